The summed E-state index contributed by atoms with van der Waals surface area (Å²) in [5, 5.41) is 12.0. The number of alkyl halides is 3. The molecular weight excluding hydrogens is 398 g/mol. The van der Waals surface area contributed by atoms with Crippen molar-refractivity contribution in [3.05, 3.63) is 89.5 Å². The third kappa shape index (κ3) is 7.46. The number of benzene rings is 2. The Kier molecular flexibility index (Phi) is 10.5. The van der Waals surface area contributed by atoms with Crippen molar-refractivity contribution in [1.29, 1.82) is 0 Å². The highest BCUT2D eigenvalue weighted by Gasteiger charge is 2.15. The van der Waals surface area contributed by atoms with E-state index < -0.39 is 18.7 Å². The third-order valence-corrected chi connectivity index (χ3v) is 3.85. The van der Waals surface area contributed by atoms with Crippen LogP contribution in [0, 0.1) is 12.9 Å². The summed E-state index contributed by atoms with van der Waals surface area (Å²) >= 11 is 0. The molecule has 0 spiro atoms. The Hall–Kier alpha value is -2.97. The van der Waals surface area contributed by atoms with Gasteiger partial charge in [-0.25, -0.2) is 10.8 Å². The molecule has 0 amide bonds. The lowest BCUT2D eigenvalue weighted by atomic mass is 10.0. The van der Waals surface area contributed by atoms with Crippen molar-refractivity contribution >= 4 is 11.4 Å². The molecule has 0 radical (unpaired) electrons. The second-order valence-electron chi connectivity index (χ2n) is 5.79. The molecule has 1 aromatic heterocycles. The first-order valence-corrected chi connectivity index (χ1v) is 9.22. The number of aryl methyl sites for hydroxylation is 1. The Morgan fingerprint density at radius 1 is 0.933 bits per heavy atom. The minimum Gasteiger partial charge on any atom is -0.382 e. The van der Waals surface area contributed by atoms with Gasteiger partial charge >= 0.3 is 6.68 Å². The zero-order valence-electron chi connectivity index (χ0n) is 16.9. The maximum absolute atomic E-state index is 13.2. The van der Waals surface area contributed by atoms with Gasteiger partial charge in [0.1, 0.15) is 6.10 Å². The molecule has 0 aliphatic rings. The van der Waals surface area contributed by atoms with Crippen molar-refractivity contribution in [1.82, 2.24) is 4.98 Å². The number of nitrogens with zero attached hydrogens (tertiary/aromatic N) is 2. The number of aliphatic hydroxyl groups is 1. The predicted molar refractivity (Wildman–Crippen MR) is 111 cm³/mol. The Morgan fingerprint density at radius 2 is 1.53 bits per heavy atom. The van der Waals surface area contributed by atoms with Crippen molar-refractivity contribution in [2.24, 2.45) is 5.84 Å². The van der Waals surface area contributed by atoms with Gasteiger partial charge in [-0.15, -0.1) is 0 Å². The number of pyridine rings is 1. The molecule has 3 N–H and O–H groups in total. The molecule has 30 heavy (non-hydrogen) atoms. The molecule has 0 bridgehead atoms. The summed E-state index contributed by atoms with van der Waals surface area (Å²) in [5.74, 6) is 5.57. The number of nitrogens with two attached hydrogens (primary N) is 1. The van der Waals surface area contributed by atoms with Gasteiger partial charge in [0.05, 0.1) is 17.1 Å². The molecule has 162 valence electrons. The Morgan fingerprint density at radius 3 is 2.07 bits per heavy atom. The van der Waals surface area contributed by atoms with E-state index in [0.717, 1.165) is 16.9 Å². The number of halogens is 4. The maximum Gasteiger partial charge on any atom is 0.379 e. The molecule has 0 aliphatic carbocycles. The molecule has 0 fully saturated rings. The average Bonchev–Trinajstić information content (AvgIpc) is 2.74. The molecule has 1 atom stereocenters. The smallest absolute Gasteiger partial charge is 0.379 e. The van der Waals surface area contributed by atoms with Crippen LogP contribution in [0.25, 0.3) is 0 Å². The quantitative estimate of drug-likeness (QED) is 0.240. The maximum atomic E-state index is 13.2. The van der Waals surface area contributed by atoms with Crippen molar-refractivity contribution in [3.63, 3.8) is 0 Å². The second kappa shape index (κ2) is 12.6. The van der Waals surface area contributed by atoms with Gasteiger partial charge in [0.15, 0.2) is 0 Å². The van der Waals surface area contributed by atoms with Crippen LogP contribution in [0.4, 0.5) is 28.9 Å². The lowest BCUT2D eigenvalue weighted by Gasteiger charge is -2.22. The number of aliphatic hydroxyl groups excluding tert-OH is 1. The third-order valence-electron chi connectivity index (χ3n) is 3.85. The minimum atomic E-state index is -3.67. The van der Waals surface area contributed by atoms with Crippen LogP contribution in [0.2, 0.25) is 0 Å². The van der Waals surface area contributed by atoms with E-state index in [0.29, 0.717) is 5.56 Å². The highest BCUT2D eigenvalue weighted by Crippen LogP contribution is 2.29. The Bertz CT molecular complexity index is 892. The molecule has 1 heterocycles. The van der Waals surface area contributed by atoms with Crippen LogP contribution in [0.3, 0.4) is 0 Å². The molecular formula is C22H25F4N3O. The van der Waals surface area contributed by atoms with E-state index >= 15 is 0 Å². The number of para-hydroxylation sites is 1. The standard InChI is InChI=1S/C19H18FN3O.C2H6.CHF3/c1-13-12-14(19(24)16-8-5-9-18(20)22-16)10-11-17(13)23(21)15-6-3-2-4-7-15;1-2;2-1(3)4/h2-12,19,24H,21H2,1H3;1-2H3;1H. The zero-order chi connectivity index (χ0) is 22.7. The molecule has 4 nitrogen and oxygen atoms in total. The Balaban J connectivity index is 0.000000673. The highest BCUT2D eigenvalue weighted by molar-refractivity contribution is 5.65. The number of anilines is 2. The van der Waals surface area contributed by atoms with Crippen LogP contribution in [0.5, 0.6) is 0 Å². The minimum absolute atomic E-state index is 0.273. The van der Waals surface area contributed by atoms with Crippen LogP contribution >= 0.6 is 0 Å². The fraction of sp³-hybridized carbons (Fsp3) is 0.227. The van der Waals surface area contributed by atoms with Gasteiger partial charge in [0.2, 0.25) is 5.95 Å². The summed E-state index contributed by atoms with van der Waals surface area (Å²) in [6.45, 7) is 2.24. The summed E-state index contributed by atoms with van der Waals surface area (Å²) in [4.78, 5) is 3.73. The normalized spacial score (nSPS) is 11.0. The van der Waals surface area contributed by atoms with Crippen molar-refractivity contribution in [2.45, 2.75) is 33.6 Å². The van der Waals surface area contributed by atoms with Crippen LogP contribution in [0.1, 0.15) is 36.8 Å². The van der Waals surface area contributed by atoms with Gasteiger partial charge in [-0.05, 0) is 48.4 Å². The average molecular weight is 423 g/mol. The van der Waals surface area contributed by atoms with E-state index in [-0.39, 0.29) is 5.69 Å². The Labute approximate surface area is 173 Å². The van der Waals surface area contributed by atoms with Crippen LogP contribution in [-0.2, 0) is 0 Å². The van der Waals surface area contributed by atoms with E-state index in [1.807, 2.05) is 63.2 Å². The molecule has 3 rings (SSSR count). The van der Waals surface area contributed by atoms with Crippen molar-refractivity contribution in [3.8, 4) is 0 Å². The van der Waals surface area contributed by atoms with Crippen LogP contribution in [-0.4, -0.2) is 16.8 Å². The molecule has 0 saturated heterocycles. The predicted octanol–water partition coefficient (Wildman–Crippen LogP) is 5.83. The van der Waals surface area contributed by atoms with Gasteiger partial charge in [-0.1, -0.05) is 50.2 Å². The fourth-order valence-electron chi connectivity index (χ4n) is 2.59. The molecule has 3 aromatic rings. The summed E-state index contributed by atoms with van der Waals surface area (Å²) < 4.78 is 42.2. The van der Waals surface area contributed by atoms with E-state index in [1.54, 1.807) is 17.1 Å². The number of hydrogen-bond donors (Lipinski definition) is 2. The molecule has 8 heteroatoms. The largest absolute Gasteiger partial charge is 0.382 e. The van der Waals surface area contributed by atoms with Gasteiger partial charge < -0.3 is 5.11 Å². The van der Waals surface area contributed by atoms with Gasteiger partial charge in [0, 0.05) is 0 Å². The first-order chi connectivity index (χ1) is 14.3. The van der Waals surface area contributed by atoms with Gasteiger partial charge in [-0.3, -0.25) is 5.01 Å². The molecule has 0 saturated carbocycles. The monoisotopic (exact) mass is 423 g/mol. The van der Waals surface area contributed by atoms with Crippen molar-refractivity contribution in [2.75, 3.05) is 5.01 Å². The first-order valence-electron chi connectivity index (χ1n) is 9.22. The van der Waals surface area contributed by atoms with E-state index in [4.69, 9.17) is 5.84 Å². The summed E-state index contributed by atoms with van der Waals surface area (Å²) in [7, 11) is 0. The summed E-state index contributed by atoms with van der Waals surface area (Å²) in [6, 6.07) is 19.4. The SMILES string of the molecule is CC.Cc1cc(C(O)c2cccc(F)n2)ccc1N(N)c1ccccc1.FC(F)F. The number of hydrazine groups is 1. The molecule has 2 aromatic carbocycles. The fourth-order valence-corrected chi connectivity index (χ4v) is 2.59. The molecule has 1 unspecified atom stereocenters. The first kappa shape index (κ1) is 25.1. The van der Waals surface area contributed by atoms with E-state index in [9.17, 15) is 22.7 Å². The number of aromatic nitrogens is 1. The highest BCUT2D eigenvalue weighted by atomic mass is 19.4. The summed E-state index contributed by atoms with van der Waals surface area (Å²) in [5.41, 5.74) is 3.49. The topological polar surface area (TPSA) is 62.4 Å². The number of rotatable bonds is 4. The second-order valence-corrected chi connectivity index (χ2v) is 5.79. The van der Waals surface area contributed by atoms with E-state index in [2.05, 4.69) is 4.98 Å². The van der Waals surface area contributed by atoms with Crippen molar-refractivity contribution < 1.29 is 22.7 Å². The zero-order valence-corrected chi connectivity index (χ0v) is 16.9. The van der Waals surface area contributed by atoms with Gasteiger partial charge in [0.25, 0.3) is 0 Å². The lowest BCUT2D eigenvalue weighted by Crippen LogP contribution is -2.25. The lowest BCUT2D eigenvalue weighted by molar-refractivity contribution is 0.00819. The molecule has 0 aliphatic heterocycles. The van der Waals surface area contributed by atoms with Gasteiger partial charge in [-0.2, -0.15) is 17.6 Å². The van der Waals surface area contributed by atoms with Crippen LogP contribution < -0.4 is 10.9 Å². The summed E-state index contributed by atoms with van der Waals surface area (Å²) in [6.07, 6.45) is -0.989. The van der Waals surface area contributed by atoms with E-state index in [1.165, 1.54) is 12.1 Å². The van der Waals surface area contributed by atoms with Crippen LogP contribution in [0.15, 0.2) is 66.7 Å². The number of hydrogen-bond acceptors (Lipinski definition) is 4.